The van der Waals surface area contributed by atoms with Gasteiger partial charge >= 0.3 is 0 Å². The predicted molar refractivity (Wildman–Crippen MR) is 84.0 cm³/mol. The Bertz CT molecular complexity index is 550. The molecule has 0 radical (unpaired) electrons. The van der Waals surface area contributed by atoms with Crippen molar-refractivity contribution in [2.24, 2.45) is 5.73 Å². The average Bonchev–Trinajstić information content (AvgIpc) is 2.85. The molecule has 2 N–H and O–H groups in total. The van der Waals surface area contributed by atoms with Crippen molar-refractivity contribution in [1.29, 1.82) is 0 Å². The summed E-state index contributed by atoms with van der Waals surface area (Å²) < 4.78 is 1.94. The number of nitrogens with zero attached hydrogens (tertiary/aromatic N) is 3. The van der Waals surface area contributed by atoms with E-state index >= 15 is 0 Å². The topological polar surface area (TPSA) is 56.7 Å². The highest BCUT2D eigenvalue weighted by atomic mass is 32.2. The van der Waals surface area contributed by atoms with Gasteiger partial charge < -0.3 is 5.73 Å². The molecule has 108 valence electrons. The summed E-state index contributed by atoms with van der Waals surface area (Å²) in [5.74, 6) is 1.85. The molecule has 1 unspecified atom stereocenters. The molecule has 0 aliphatic heterocycles. The fraction of sp³-hybridized carbons (Fsp3) is 0.467. The summed E-state index contributed by atoms with van der Waals surface area (Å²) in [4.78, 5) is 5.58. The zero-order valence-electron chi connectivity index (χ0n) is 12.3. The van der Waals surface area contributed by atoms with Gasteiger partial charge in [-0.25, -0.2) is 9.67 Å². The highest BCUT2D eigenvalue weighted by Gasteiger charge is 2.12. The average molecular weight is 290 g/mol. The number of rotatable bonds is 6. The van der Waals surface area contributed by atoms with Crippen molar-refractivity contribution >= 4 is 11.8 Å². The molecular weight excluding hydrogens is 268 g/mol. The highest BCUT2D eigenvalue weighted by molar-refractivity contribution is 7.99. The van der Waals surface area contributed by atoms with Gasteiger partial charge in [-0.1, -0.05) is 17.7 Å². The number of hydrogen-bond acceptors (Lipinski definition) is 4. The van der Waals surface area contributed by atoms with Crippen LogP contribution in [0, 0.1) is 6.92 Å². The number of nitrogens with two attached hydrogens (primary N) is 1. The Labute approximate surface area is 124 Å². The lowest BCUT2D eigenvalue weighted by Crippen LogP contribution is -2.27. The second kappa shape index (κ2) is 6.90. The first kappa shape index (κ1) is 15.1. The Morgan fingerprint density at radius 1 is 1.35 bits per heavy atom. The summed E-state index contributed by atoms with van der Waals surface area (Å²) in [6.07, 6.45) is 2.37. The third-order valence-corrected chi connectivity index (χ3v) is 4.22. The Hall–Kier alpha value is -1.33. The Morgan fingerprint density at radius 2 is 2.15 bits per heavy atom. The number of benzene rings is 1. The van der Waals surface area contributed by atoms with Gasteiger partial charge in [0.25, 0.3) is 0 Å². The van der Waals surface area contributed by atoms with Gasteiger partial charge in [-0.15, -0.1) is 11.8 Å². The van der Waals surface area contributed by atoms with Crippen molar-refractivity contribution in [2.75, 3.05) is 5.75 Å². The van der Waals surface area contributed by atoms with Gasteiger partial charge in [0.1, 0.15) is 12.2 Å². The van der Waals surface area contributed by atoms with Crippen molar-refractivity contribution < 1.29 is 0 Å². The van der Waals surface area contributed by atoms with E-state index in [0.29, 0.717) is 6.04 Å². The lowest BCUT2D eigenvalue weighted by atomic mass is 10.2. The predicted octanol–water partition coefficient (Wildman–Crippen LogP) is 2.83. The molecule has 4 nitrogen and oxygen atoms in total. The van der Waals surface area contributed by atoms with Gasteiger partial charge in [-0.2, -0.15) is 5.10 Å². The van der Waals surface area contributed by atoms with E-state index in [1.165, 1.54) is 10.5 Å². The SMILES string of the molecule is Cc1cccc(SCC(N)Cc2ncnn2C(C)C)c1. The first-order chi connectivity index (χ1) is 9.56. The van der Waals surface area contributed by atoms with Gasteiger partial charge in [-0.3, -0.25) is 0 Å². The largest absolute Gasteiger partial charge is 0.327 e. The maximum atomic E-state index is 6.22. The zero-order valence-corrected chi connectivity index (χ0v) is 13.1. The molecule has 0 aliphatic rings. The van der Waals surface area contributed by atoms with Crippen LogP contribution in [0.3, 0.4) is 0 Å². The second-order valence-corrected chi connectivity index (χ2v) is 6.40. The molecule has 0 spiro atoms. The first-order valence-corrected chi connectivity index (χ1v) is 7.88. The lowest BCUT2D eigenvalue weighted by molar-refractivity contribution is 0.496. The Kier molecular flexibility index (Phi) is 5.20. The third kappa shape index (κ3) is 4.08. The van der Waals surface area contributed by atoms with Crippen LogP contribution in [0.5, 0.6) is 0 Å². The summed E-state index contributed by atoms with van der Waals surface area (Å²) in [5.41, 5.74) is 7.50. The maximum Gasteiger partial charge on any atom is 0.138 e. The standard InChI is InChI=1S/C15H22N4S/c1-11(2)19-15(17-10-18-19)8-13(16)9-20-14-6-4-5-12(3)7-14/h4-7,10-11,13H,8-9,16H2,1-3H3. The van der Waals surface area contributed by atoms with Crippen LogP contribution < -0.4 is 5.73 Å². The van der Waals surface area contributed by atoms with Crippen LogP contribution in [0.2, 0.25) is 0 Å². The molecule has 1 heterocycles. The summed E-state index contributed by atoms with van der Waals surface area (Å²) >= 11 is 1.80. The minimum Gasteiger partial charge on any atom is -0.327 e. The van der Waals surface area contributed by atoms with Crippen molar-refractivity contribution in [3.63, 3.8) is 0 Å². The quantitative estimate of drug-likeness (QED) is 0.831. The van der Waals surface area contributed by atoms with Crippen LogP contribution in [-0.4, -0.2) is 26.6 Å². The second-order valence-electron chi connectivity index (χ2n) is 5.31. The number of thioether (sulfide) groups is 1. The number of aromatic nitrogens is 3. The molecule has 5 heteroatoms. The minimum atomic E-state index is 0.0854. The van der Waals surface area contributed by atoms with Crippen molar-refractivity contribution in [2.45, 2.75) is 44.2 Å². The molecule has 20 heavy (non-hydrogen) atoms. The fourth-order valence-corrected chi connectivity index (χ4v) is 3.02. The van der Waals surface area contributed by atoms with E-state index in [1.54, 1.807) is 18.1 Å². The van der Waals surface area contributed by atoms with Crippen molar-refractivity contribution in [3.05, 3.63) is 42.0 Å². The minimum absolute atomic E-state index is 0.0854. The van der Waals surface area contributed by atoms with E-state index in [4.69, 9.17) is 5.73 Å². The van der Waals surface area contributed by atoms with E-state index < -0.39 is 0 Å². The summed E-state index contributed by atoms with van der Waals surface area (Å²) in [6.45, 7) is 6.31. The first-order valence-electron chi connectivity index (χ1n) is 6.89. The molecule has 0 saturated carbocycles. The highest BCUT2D eigenvalue weighted by Crippen LogP contribution is 2.20. The van der Waals surface area contributed by atoms with Crippen LogP contribution in [0.25, 0.3) is 0 Å². The normalized spacial score (nSPS) is 12.8. The fourth-order valence-electron chi connectivity index (χ4n) is 2.05. The van der Waals surface area contributed by atoms with E-state index in [1.807, 2.05) is 4.68 Å². The maximum absolute atomic E-state index is 6.22. The molecule has 1 aromatic carbocycles. The van der Waals surface area contributed by atoms with Crippen LogP contribution in [0.15, 0.2) is 35.5 Å². The van der Waals surface area contributed by atoms with Crippen LogP contribution in [0.1, 0.15) is 31.3 Å². The van der Waals surface area contributed by atoms with Crippen molar-refractivity contribution in [1.82, 2.24) is 14.8 Å². The van der Waals surface area contributed by atoms with Crippen LogP contribution >= 0.6 is 11.8 Å². The van der Waals surface area contributed by atoms with Gasteiger partial charge in [0.15, 0.2) is 0 Å². The Balaban J connectivity index is 1.89. The molecule has 2 aromatic rings. The van der Waals surface area contributed by atoms with Crippen molar-refractivity contribution in [3.8, 4) is 0 Å². The molecule has 0 aliphatic carbocycles. The summed E-state index contributed by atoms with van der Waals surface area (Å²) in [7, 11) is 0. The molecule has 0 bridgehead atoms. The van der Waals surface area contributed by atoms with Crippen LogP contribution in [0.4, 0.5) is 0 Å². The molecular formula is C15H22N4S. The van der Waals surface area contributed by atoms with E-state index in [2.05, 4.69) is 55.1 Å². The molecule has 0 fully saturated rings. The van der Waals surface area contributed by atoms with Crippen LogP contribution in [-0.2, 0) is 6.42 Å². The van der Waals surface area contributed by atoms with E-state index in [9.17, 15) is 0 Å². The van der Waals surface area contributed by atoms with Gasteiger partial charge in [0, 0.05) is 29.2 Å². The smallest absolute Gasteiger partial charge is 0.138 e. The molecule has 2 rings (SSSR count). The molecule has 1 atom stereocenters. The van der Waals surface area contributed by atoms with Gasteiger partial charge in [-0.05, 0) is 32.9 Å². The number of hydrogen-bond donors (Lipinski definition) is 1. The molecule has 0 amide bonds. The number of aryl methyl sites for hydroxylation is 1. The third-order valence-electron chi connectivity index (χ3n) is 3.03. The lowest BCUT2D eigenvalue weighted by Gasteiger charge is -2.14. The summed E-state index contributed by atoms with van der Waals surface area (Å²) in [6, 6.07) is 8.91. The monoisotopic (exact) mass is 290 g/mol. The van der Waals surface area contributed by atoms with E-state index in [-0.39, 0.29) is 6.04 Å². The molecule has 0 saturated heterocycles. The zero-order chi connectivity index (χ0) is 14.5. The summed E-state index contributed by atoms with van der Waals surface area (Å²) in [5, 5.41) is 4.24. The Morgan fingerprint density at radius 3 is 2.85 bits per heavy atom. The van der Waals surface area contributed by atoms with Gasteiger partial charge in [0.2, 0.25) is 0 Å². The van der Waals surface area contributed by atoms with E-state index in [0.717, 1.165) is 18.0 Å². The molecule has 1 aromatic heterocycles. The van der Waals surface area contributed by atoms with Gasteiger partial charge in [0.05, 0.1) is 0 Å².